The number of carbonyl (C=O) groups excluding carboxylic acids is 1. The Morgan fingerprint density at radius 1 is 1.40 bits per heavy atom. The van der Waals surface area contributed by atoms with Crippen LogP contribution in [0, 0.1) is 0 Å². The van der Waals surface area contributed by atoms with E-state index in [-0.39, 0.29) is 5.69 Å². The van der Waals surface area contributed by atoms with Crippen molar-refractivity contribution in [1.82, 2.24) is 15.2 Å². The molecule has 0 unspecified atom stereocenters. The Balaban J connectivity index is 3.33. The predicted octanol–water partition coefficient (Wildman–Crippen LogP) is -1.09. The van der Waals surface area contributed by atoms with Crippen molar-refractivity contribution in [2.75, 3.05) is 7.11 Å². The molecular weight excluding hydrogens is 202 g/mol. The summed E-state index contributed by atoms with van der Waals surface area (Å²) in [4.78, 5) is 35.4. The van der Waals surface area contributed by atoms with Crippen LogP contribution in [0.5, 0.6) is 0 Å². The van der Waals surface area contributed by atoms with Crippen molar-refractivity contribution in [2.24, 2.45) is 0 Å². The first-order chi connectivity index (χ1) is 6.89. The van der Waals surface area contributed by atoms with E-state index in [1.165, 1.54) is 21.0 Å². The molecule has 7 nitrogen and oxygen atoms in total. The van der Waals surface area contributed by atoms with Gasteiger partial charge in [0.25, 0.3) is 5.56 Å². The zero-order chi connectivity index (χ0) is 11.6. The minimum absolute atomic E-state index is 0.0889. The van der Waals surface area contributed by atoms with Crippen LogP contribution in [0.25, 0.3) is 0 Å². The molecule has 15 heavy (non-hydrogen) atoms. The second kappa shape index (κ2) is 3.68. The number of esters is 1. The molecular formula is C8H11N3O4. The van der Waals surface area contributed by atoms with Gasteiger partial charge in [-0.2, -0.15) is 5.10 Å². The van der Waals surface area contributed by atoms with E-state index in [0.717, 1.165) is 0 Å². The summed E-state index contributed by atoms with van der Waals surface area (Å²) in [6.45, 7) is 2.96. The SMILES string of the molecule is COC(=O)C(C)(C)c1n[nH]c(=O)[nH]c1=O. The fraction of sp³-hybridized carbons (Fsp3) is 0.500. The van der Waals surface area contributed by atoms with Gasteiger partial charge in [-0.1, -0.05) is 0 Å². The highest BCUT2D eigenvalue weighted by atomic mass is 16.5. The summed E-state index contributed by atoms with van der Waals surface area (Å²) in [6, 6.07) is 0. The van der Waals surface area contributed by atoms with Crippen LogP contribution in [0.3, 0.4) is 0 Å². The Labute approximate surface area is 84.5 Å². The average Bonchev–Trinajstić information content (AvgIpc) is 2.15. The van der Waals surface area contributed by atoms with Crippen molar-refractivity contribution in [3.05, 3.63) is 26.5 Å². The smallest absolute Gasteiger partial charge is 0.342 e. The quantitative estimate of drug-likeness (QED) is 0.607. The lowest BCUT2D eigenvalue weighted by Crippen LogP contribution is -2.40. The molecule has 1 aromatic rings. The van der Waals surface area contributed by atoms with Crippen LogP contribution in [-0.4, -0.2) is 28.3 Å². The molecule has 0 spiro atoms. The van der Waals surface area contributed by atoms with Crippen LogP contribution in [-0.2, 0) is 14.9 Å². The zero-order valence-electron chi connectivity index (χ0n) is 8.58. The molecule has 0 saturated heterocycles. The van der Waals surface area contributed by atoms with E-state index in [1.54, 1.807) is 0 Å². The van der Waals surface area contributed by atoms with Gasteiger partial charge >= 0.3 is 11.7 Å². The number of methoxy groups -OCH3 is 1. The van der Waals surface area contributed by atoms with Gasteiger partial charge in [0.1, 0.15) is 11.1 Å². The standard InChI is InChI=1S/C8H11N3O4/c1-8(2,6(13)15-3)4-5(12)9-7(14)11-10-4/h1-3H3,(H2,9,11,12,14). The molecule has 2 N–H and O–H groups in total. The van der Waals surface area contributed by atoms with Crippen LogP contribution >= 0.6 is 0 Å². The van der Waals surface area contributed by atoms with Gasteiger partial charge in [0.2, 0.25) is 0 Å². The number of rotatable bonds is 2. The third kappa shape index (κ3) is 1.95. The van der Waals surface area contributed by atoms with E-state index in [0.29, 0.717) is 0 Å². The lowest BCUT2D eigenvalue weighted by Gasteiger charge is -2.18. The summed E-state index contributed by atoms with van der Waals surface area (Å²) in [5.41, 5.74) is -2.71. The van der Waals surface area contributed by atoms with Gasteiger partial charge in [-0.25, -0.2) is 9.89 Å². The molecule has 0 bridgehead atoms. The third-order valence-corrected chi connectivity index (χ3v) is 2.00. The van der Waals surface area contributed by atoms with E-state index in [1.807, 2.05) is 4.98 Å². The molecule has 7 heteroatoms. The van der Waals surface area contributed by atoms with Gasteiger partial charge in [0, 0.05) is 0 Å². The molecule has 1 aromatic heterocycles. The Hall–Kier alpha value is -1.92. The summed E-state index contributed by atoms with van der Waals surface area (Å²) in [6.07, 6.45) is 0. The van der Waals surface area contributed by atoms with Crippen LogP contribution < -0.4 is 11.2 Å². The molecule has 0 aliphatic carbocycles. The summed E-state index contributed by atoms with van der Waals surface area (Å²) < 4.78 is 4.53. The number of hydrogen-bond donors (Lipinski definition) is 2. The maximum absolute atomic E-state index is 11.4. The normalized spacial score (nSPS) is 11.1. The first-order valence-electron chi connectivity index (χ1n) is 4.17. The summed E-state index contributed by atoms with van der Waals surface area (Å²) >= 11 is 0. The van der Waals surface area contributed by atoms with Gasteiger partial charge in [-0.05, 0) is 13.8 Å². The summed E-state index contributed by atoms with van der Waals surface area (Å²) in [5.74, 6) is -0.604. The molecule has 0 amide bonds. The summed E-state index contributed by atoms with van der Waals surface area (Å²) in [5, 5.41) is 5.59. The van der Waals surface area contributed by atoms with Crippen molar-refractivity contribution in [3.63, 3.8) is 0 Å². The highest BCUT2D eigenvalue weighted by molar-refractivity contribution is 5.81. The minimum Gasteiger partial charge on any atom is -0.468 e. The number of ether oxygens (including phenoxy) is 1. The number of aromatic amines is 2. The third-order valence-electron chi connectivity index (χ3n) is 2.00. The fourth-order valence-electron chi connectivity index (χ4n) is 1.12. The van der Waals surface area contributed by atoms with Gasteiger partial charge < -0.3 is 4.74 Å². The number of carbonyl (C=O) groups is 1. The molecule has 0 fully saturated rings. The Bertz CT molecular complexity index is 485. The lowest BCUT2D eigenvalue weighted by molar-refractivity contribution is -0.146. The second-order valence-corrected chi connectivity index (χ2v) is 3.47. The largest absolute Gasteiger partial charge is 0.468 e. The number of hydrogen-bond acceptors (Lipinski definition) is 5. The van der Waals surface area contributed by atoms with Crippen molar-refractivity contribution in [2.45, 2.75) is 19.3 Å². The van der Waals surface area contributed by atoms with Crippen molar-refractivity contribution < 1.29 is 9.53 Å². The second-order valence-electron chi connectivity index (χ2n) is 3.47. The maximum Gasteiger partial charge on any atom is 0.342 e. The van der Waals surface area contributed by atoms with Gasteiger partial charge in [0.15, 0.2) is 0 Å². The van der Waals surface area contributed by atoms with Crippen LogP contribution in [0.1, 0.15) is 19.5 Å². The van der Waals surface area contributed by atoms with Gasteiger partial charge in [0.05, 0.1) is 7.11 Å². The Morgan fingerprint density at radius 3 is 2.47 bits per heavy atom. The van der Waals surface area contributed by atoms with E-state index >= 15 is 0 Å². The highest BCUT2D eigenvalue weighted by Crippen LogP contribution is 2.18. The molecule has 0 aliphatic heterocycles. The van der Waals surface area contributed by atoms with E-state index in [9.17, 15) is 14.4 Å². The average molecular weight is 213 g/mol. The first-order valence-corrected chi connectivity index (χ1v) is 4.17. The summed E-state index contributed by atoms with van der Waals surface area (Å²) in [7, 11) is 1.21. The molecule has 0 radical (unpaired) electrons. The fourth-order valence-corrected chi connectivity index (χ4v) is 1.12. The Kier molecular flexibility index (Phi) is 2.74. The number of nitrogens with zero attached hydrogens (tertiary/aromatic N) is 1. The predicted molar refractivity (Wildman–Crippen MR) is 50.5 cm³/mol. The molecule has 0 atom stereocenters. The van der Waals surface area contributed by atoms with Crippen molar-refractivity contribution in [3.8, 4) is 0 Å². The minimum atomic E-state index is -1.20. The van der Waals surface area contributed by atoms with E-state index in [4.69, 9.17) is 0 Å². The number of nitrogens with one attached hydrogen (secondary N) is 2. The van der Waals surface area contributed by atoms with E-state index < -0.39 is 22.6 Å². The number of H-pyrrole nitrogens is 2. The van der Waals surface area contributed by atoms with Gasteiger partial charge in [-0.3, -0.25) is 14.6 Å². The molecule has 0 saturated carbocycles. The van der Waals surface area contributed by atoms with Crippen LogP contribution in [0.15, 0.2) is 9.59 Å². The molecule has 1 rings (SSSR count). The molecule has 82 valence electrons. The molecule has 0 aliphatic rings. The Morgan fingerprint density at radius 2 is 2.00 bits per heavy atom. The van der Waals surface area contributed by atoms with Crippen LogP contribution in [0.4, 0.5) is 0 Å². The van der Waals surface area contributed by atoms with Crippen molar-refractivity contribution >= 4 is 5.97 Å². The van der Waals surface area contributed by atoms with Gasteiger partial charge in [-0.15, -0.1) is 0 Å². The highest BCUT2D eigenvalue weighted by Gasteiger charge is 2.35. The monoisotopic (exact) mass is 213 g/mol. The molecule has 1 heterocycles. The van der Waals surface area contributed by atoms with Crippen LogP contribution in [0.2, 0.25) is 0 Å². The van der Waals surface area contributed by atoms with Crippen molar-refractivity contribution in [1.29, 1.82) is 0 Å². The first kappa shape index (κ1) is 11.2. The topological polar surface area (TPSA) is 105 Å². The van der Waals surface area contributed by atoms with E-state index in [2.05, 4.69) is 14.9 Å². The zero-order valence-corrected chi connectivity index (χ0v) is 8.58. The lowest BCUT2D eigenvalue weighted by atomic mass is 9.90. The number of aromatic nitrogens is 3. The maximum atomic E-state index is 11.4. The molecule has 0 aromatic carbocycles.